The van der Waals surface area contributed by atoms with Crippen molar-refractivity contribution in [3.8, 4) is 11.1 Å². The molecule has 0 saturated carbocycles. The molecule has 0 amide bonds. The molecule has 1 aliphatic rings. The summed E-state index contributed by atoms with van der Waals surface area (Å²) in [5.74, 6) is -0.0934. The number of rotatable bonds is 11. The smallest absolute Gasteiger partial charge is 0.306 e. The standard InChI is InChI=1S/C36H38O3S2/c1-3-5-10-20-38-27-16-19-31(39-34(37)13-6-4-2)30(23-27)26-15-18-29-33(22-26)41-35-28-17-14-25(21-32(28)40-36(29)35)24-11-8-7-9-12-24/h7-9,11-12,14-15,17-18,21-23,27,31H,3-6,10,13,16,19-20H2,1-2H3. The van der Waals surface area contributed by atoms with Crippen LogP contribution in [0.5, 0.6) is 0 Å². The summed E-state index contributed by atoms with van der Waals surface area (Å²) < 4.78 is 17.6. The zero-order valence-electron chi connectivity index (χ0n) is 24.0. The van der Waals surface area contributed by atoms with Gasteiger partial charge >= 0.3 is 5.97 Å². The number of ether oxygens (including phenoxy) is 2. The maximum absolute atomic E-state index is 12.6. The Morgan fingerprint density at radius 1 is 0.780 bits per heavy atom. The van der Waals surface area contributed by atoms with Gasteiger partial charge in [0.25, 0.3) is 0 Å². The van der Waals surface area contributed by atoms with Gasteiger partial charge in [0, 0.05) is 33.2 Å². The van der Waals surface area contributed by atoms with Crippen molar-refractivity contribution in [3.63, 3.8) is 0 Å². The van der Waals surface area contributed by atoms with E-state index in [1.807, 2.05) is 22.7 Å². The van der Waals surface area contributed by atoms with Crippen LogP contribution in [-0.4, -0.2) is 24.8 Å². The van der Waals surface area contributed by atoms with E-state index in [1.165, 1.54) is 53.5 Å². The van der Waals surface area contributed by atoms with Crippen molar-refractivity contribution in [3.05, 3.63) is 78.4 Å². The van der Waals surface area contributed by atoms with Gasteiger partial charge in [-0.05, 0) is 66.2 Å². The molecule has 5 heteroatoms. The van der Waals surface area contributed by atoms with Gasteiger partial charge in [0.2, 0.25) is 0 Å². The van der Waals surface area contributed by atoms with E-state index in [2.05, 4.69) is 86.7 Å². The fourth-order valence-corrected chi connectivity index (χ4v) is 8.50. The molecule has 2 unspecified atom stereocenters. The first-order chi connectivity index (χ1) is 20.1. The number of carbonyl (C=O) groups excluding carboxylic acids is 1. The van der Waals surface area contributed by atoms with Crippen LogP contribution in [0.25, 0.3) is 46.3 Å². The van der Waals surface area contributed by atoms with E-state index in [9.17, 15) is 4.79 Å². The highest BCUT2D eigenvalue weighted by molar-refractivity contribution is 7.36. The normalized spacial score (nSPS) is 17.4. The fraction of sp³-hybridized carbons (Fsp3) is 0.361. The largest absolute Gasteiger partial charge is 0.457 e. The van der Waals surface area contributed by atoms with Gasteiger partial charge in [0.05, 0.1) is 15.5 Å². The van der Waals surface area contributed by atoms with E-state index in [1.54, 1.807) is 0 Å². The second-order valence-electron chi connectivity index (χ2n) is 11.0. The molecule has 2 aromatic heterocycles. The summed E-state index contributed by atoms with van der Waals surface area (Å²) in [6.45, 7) is 5.10. The number of esters is 1. The lowest BCUT2D eigenvalue weighted by Gasteiger charge is -2.29. The van der Waals surface area contributed by atoms with Crippen LogP contribution < -0.4 is 0 Å². The average Bonchev–Trinajstić information content (AvgIpc) is 3.54. The Morgan fingerprint density at radius 3 is 2.17 bits per heavy atom. The predicted octanol–water partition coefficient (Wildman–Crippen LogP) is 10.8. The quantitative estimate of drug-likeness (QED) is 0.115. The molecule has 0 N–H and O–H groups in total. The third-order valence-electron chi connectivity index (χ3n) is 8.04. The molecule has 212 valence electrons. The predicted molar refractivity (Wildman–Crippen MR) is 176 cm³/mol. The molecule has 1 aliphatic carbocycles. The topological polar surface area (TPSA) is 35.5 Å². The summed E-state index contributed by atoms with van der Waals surface area (Å²) in [7, 11) is 0. The molecule has 2 heterocycles. The number of benzene rings is 3. The van der Waals surface area contributed by atoms with Crippen molar-refractivity contribution in [2.24, 2.45) is 0 Å². The molecule has 0 spiro atoms. The van der Waals surface area contributed by atoms with Gasteiger partial charge in [-0.1, -0.05) is 87.7 Å². The number of fused-ring (bicyclic) bond motifs is 5. The molecule has 5 aromatic rings. The average molecular weight is 583 g/mol. The zero-order chi connectivity index (χ0) is 28.2. The highest BCUT2D eigenvalue weighted by Gasteiger charge is 2.28. The van der Waals surface area contributed by atoms with E-state index in [-0.39, 0.29) is 18.2 Å². The first kappa shape index (κ1) is 28.1. The Bertz CT molecular complexity index is 1680. The van der Waals surface area contributed by atoms with E-state index < -0.39 is 0 Å². The van der Waals surface area contributed by atoms with Crippen molar-refractivity contribution < 1.29 is 14.3 Å². The summed E-state index contributed by atoms with van der Waals surface area (Å²) in [6, 6.07) is 24.2. The molecule has 0 saturated heterocycles. The Balaban J connectivity index is 1.32. The van der Waals surface area contributed by atoms with Crippen LogP contribution in [0.3, 0.4) is 0 Å². The summed E-state index contributed by atoms with van der Waals surface area (Å²) in [4.78, 5) is 12.6. The monoisotopic (exact) mass is 582 g/mol. The van der Waals surface area contributed by atoms with Gasteiger partial charge in [0.1, 0.15) is 6.10 Å². The minimum absolute atomic E-state index is 0.0673. The Morgan fingerprint density at radius 2 is 1.46 bits per heavy atom. The maximum atomic E-state index is 12.6. The van der Waals surface area contributed by atoms with Gasteiger partial charge in [-0.25, -0.2) is 0 Å². The number of unbranched alkanes of at least 4 members (excludes halogenated alkanes) is 3. The van der Waals surface area contributed by atoms with Crippen molar-refractivity contribution >= 4 is 63.8 Å². The van der Waals surface area contributed by atoms with Gasteiger partial charge in [0.15, 0.2) is 0 Å². The third kappa shape index (κ3) is 6.13. The third-order valence-corrected chi connectivity index (χ3v) is 10.5. The van der Waals surface area contributed by atoms with Gasteiger partial charge in [-0.2, -0.15) is 0 Å². The van der Waals surface area contributed by atoms with E-state index in [0.29, 0.717) is 6.42 Å². The lowest BCUT2D eigenvalue weighted by atomic mass is 9.89. The first-order valence-electron chi connectivity index (χ1n) is 15.1. The van der Waals surface area contributed by atoms with E-state index in [4.69, 9.17) is 9.47 Å². The molecular formula is C36H38O3S2. The van der Waals surface area contributed by atoms with Gasteiger partial charge in [-0.3, -0.25) is 4.79 Å². The molecule has 3 nitrogen and oxygen atoms in total. The Labute approximate surface area is 250 Å². The van der Waals surface area contributed by atoms with E-state index >= 15 is 0 Å². The van der Waals surface area contributed by atoms with Crippen molar-refractivity contribution in [2.45, 2.75) is 77.4 Å². The van der Waals surface area contributed by atoms with Gasteiger partial charge in [-0.15, -0.1) is 22.7 Å². The summed E-state index contributed by atoms with van der Waals surface area (Å²) in [5, 5.41) is 2.63. The molecule has 0 fully saturated rings. The van der Waals surface area contributed by atoms with Crippen LogP contribution in [0, 0.1) is 0 Å². The molecule has 41 heavy (non-hydrogen) atoms. The van der Waals surface area contributed by atoms with Gasteiger partial charge < -0.3 is 9.47 Å². The number of carbonyl (C=O) groups is 1. The SMILES string of the molecule is CCCCCOC1C=C(c2ccc3c(c2)sc2c4ccc(-c5ccccc5)cc4sc32)C(OC(=O)CCCC)CC1. The van der Waals surface area contributed by atoms with Crippen molar-refractivity contribution in [1.29, 1.82) is 0 Å². The molecule has 6 rings (SSSR count). The summed E-state index contributed by atoms with van der Waals surface area (Å²) in [6.07, 6.45) is 9.57. The first-order valence-corrected chi connectivity index (χ1v) is 16.7. The van der Waals surface area contributed by atoms with Crippen molar-refractivity contribution in [1.82, 2.24) is 0 Å². The minimum Gasteiger partial charge on any atom is -0.457 e. The second-order valence-corrected chi connectivity index (χ2v) is 13.2. The molecular weight excluding hydrogens is 545 g/mol. The van der Waals surface area contributed by atoms with Crippen LogP contribution in [-0.2, 0) is 14.3 Å². The number of hydrogen-bond donors (Lipinski definition) is 0. The van der Waals surface area contributed by atoms with E-state index in [0.717, 1.165) is 49.8 Å². The van der Waals surface area contributed by atoms with Crippen LogP contribution in [0.15, 0.2) is 72.8 Å². The zero-order valence-corrected chi connectivity index (χ0v) is 25.6. The second kappa shape index (κ2) is 12.9. The molecule has 0 bridgehead atoms. The molecule has 3 aromatic carbocycles. The molecule has 0 radical (unpaired) electrons. The fourth-order valence-electron chi connectivity index (χ4n) is 5.77. The number of hydrogen-bond acceptors (Lipinski definition) is 5. The number of thiophene rings is 2. The molecule has 0 aliphatic heterocycles. The lowest BCUT2D eigenvalue weighted by Crippen LogP contribution is -2.27. The lowest BCUT2D eigenvalue weighted by molar-refractivity contribution is -0.147. The minimum atomic E-state index is -0.217. The van der Waals surface area contributed by atoms with Crippen LogP contribution in [0.2, 0.25) is 0 Å². The van der Waals surface area contributed by atoms with Crippen molar-refractivity contribution in [2.75, 3.05) is 6.61 Å². The van der Waals surface area contributed by atoms with Crippen LogP contribution in [0.1, 0.15) is 70.8 Å². The highest BCUT2D eigenvalue weighted by Crippen LogP contribution is 2.46. The van der Waals surface area contributed by atoms with Crippen LogP contribution >= 0.6 is 22.7 Å². The molecule has 2 atom stereocenters. The Hall–Kier alpha value is -2.99. The summed E-state index contributed by atoms with van der Waals surface area (Å²) in [5.41, 5.74) is 4.74. The maximum Gasteiger partial charge on any atom is 0.306 e. The highest BCUT2D eigenvalue weighted by atomic mass is 32.1. The Kier molecular flexibility index (Phi) is 8.85. The summed E-state index contributed by atoms with van der Waals surface area (Å²) >= 11 is 3.75. The van der Waals surface area contributed by atoms with Crippen LogP contribution in [0.4, 0.5) is 0 Å².